The average molecular weight is 662 g/mol. The van der Waals surface area contributed by atoms with Crippen LogP contribution in [0.2, 0.25) is 0 Å². The SMILES string of the molecule is COC1NC[C@H](C(F)(F)F)CC1Cc1nn2cc(C(NC(=O)c3ccnn3C(C)C)C3CCC(C)CC3)nc2nc1N1CCOCC1. The molecule has 1 saturated carbocycles. The molecular formula is C32H46F3N9O3. The first-order chi connectivity index (χ1) is 22.5. The third-order valence-corrected chi connectivity index (χ3v) is 9.97. The minimum absolute atomic E-state index is 0.0174. The summed E-state index contributed by atoms with van der Waals surface area (Å²) in [7, 11) is 1.51. The Labute approximate surface area is 272 Å². The van der Waals surface area contributed by atoms with Gasteiger partial charge in [-0.1, -0.05) is 19.8 Å². The Kier molecular flexibility index (Phi) is 10.0. The van der Waals surface area contributed by atoms with Crippen LogP contribution < -0.4 is 15.5 Å². The summed E-state index contributed by atoms with van der Waals surface area (Å²) in [5.74, 6) is -0.413. The topological polar surface area (TPSA) is 124 Å². The van der Waals surface area contributed by atoms with Crippen molar-refractivity contribution < 1.29 is 27.4 Å². The van der Waals surface area contributed by atoms with E-state index < -0.39 is 24.2 Å². The smallest absolute Gasteiger partial charge is 0.378 e. The monoisotopic (exact) mass is 661 g/mol. The van der Waals surface area contributed by atoms with E-state index in [-0.39, 0.29) is 43.3 Å². The second-order valence-corrected chi connectivity index (χ2v) is 13.6. The molecule has 3 aliphatic rings. The Morgan fingerprint density at radius 1 is 1.17 bits per heavy atom. The fraction of sp³-hybridized carbons (Fsp3) is 0.719. The molecule has 0 aromatic carbocycles. The molecular weight excluding hydrogens is 615 g/mol. The molecule has 3 unspecified atom stereocenters. The Hall–Kier alpha value is -3.30. The molecule has 3 aromatic rings. The van der Waals surface area contributed by atoms with Crippen LogP contribution in [-0.4, -0.2) is 87.6 Å². The zero-order valence-electron chi connectivity index (χ0n) is 27.5. The number of rotatable bonds is 9. The number of nitrogens with one attached hydrogen (secondary N) is 2. The highest BCUT2D eigenvalue weighted by Gasteiger charge is 2.45. The predicted molar refractivity (Wildman–Crippen MR) is 168 cm³/mol. The number of halogens is 3. The van der Waals surface area contributed by atoms with Gasteiger partial charge in [-0.15, -0.1) is 0 Å². The number of carbonyl (C=O) groups is 1. The summed E-state index contributed by atoms with van der Waals surface area (Å²) in [6, 6.07) is 1.36. The number of alkyl halides is 3. The summed E-state index contributed by atoms with van der Waals surface area (Å²) in [5, 5.41) is 15.5. The van der Waals surface area contributed by atoms with E-state index in [1.807, 2.05) is 20.0 Å². The number of morpholine rings is 1. The highest BCUT2D eigenvalue weighted by Crippen LogP contribution is 2.38. The Bertz CT molecular complexity index is 1510. The van der Waals surface area contributed by atoms with Crippen molar-refractivity contribution in [1.29, 1.82) is 0 Å². The van der Waals surface area contributed by atoms with E-state index in [2.05, 4.69) is 27.6 Å². The lowest BCUT2D eigenvalue weighted by molar-refractivity contribution is -0.191. The molecule has 47 heavy (non-hydrogen) atoms. The molecule has 1 amide bonds. The van der Waals surface area contributed by atoms with Gasteiger partial charge in [0.25, 0.3) is 11.7 Å². The van der Waals surface area contributed by atoms with Gasteiger partial charge in [0.1, 0.15) is 17.6 Å². The number of methoxy groups -OCH3 is 1. The van der Waals surface area contributed by atoms with Crippen LogP contribution in [-0.2, 0) is 15.9 Å². The molecule has 0 spiro atoms. The molecule has 3 aromatic heterocycles. The molecule has 4 atom stereocenters. The molecule has 258 valence electrons. The molecule has 15 heteroatoms. The van der Waals surface area contributed by atoms with Crippen molar-refractivity contribution in [2.24, 2.45) is 23.7 Å². The molecule has 0 radical (unpaired) electrons. The van der Waals surface area contributed by atoms with Crippen molar-refractivity contribution >= 4 is 17.5 Å². The van der Waals surface area contributed by atoms with E-state index in [9.17, 15) is 18.0 Å². The first-order valence-corrected chi connectivity index (χ1v) is 16.8. The maximum atomic E-state index is 13.8. The first-order valence-electron chi connectivity index (χ1n) is 16.8. The van der Waals surface area contributed by atoms with Crippen LogP contribution >= 0.6 is 0 Å². The summed E-state index contributed by atoms with van der Waals surface area (Å²) < 4.78 is 55.8. The molecule has 2 aliphatic heterocycles. The van der Waals surface area contributed by atoms with Crippen LogP contribution in [0.3, 0.4) is 0 Å². The number of nitrogens with zero attached hydrogens (tertiary/aromatic N) is 7. The minimum Gasteiger partial charge on any atom is -0.378 e. The lowest BCUT2D eigenvalue weighted by Crippen LogP contribution is -2.51. The van der Waals surface area contributed by atoms with E-state index in [1.54, 1.807) is 21.5 Å². The van der Waals surface area contributed by atoms with Crippen LogP contribution in [0.1, 0.15) is 86.8 Å². The summed E-state index contributed by atoms with van der Waals surface area (Å²) >= 11 is 0. The van der Waals surface area contributed by atoms with E-state index in [0.29, 0.717) is 60.9 Å². The number of aromatic nitrogens is 6. The zero-order valence-corrected chi connectivity index (χ0v) is 27.5. The van der Waals surface area contributed by atoms with Crippen LogP contribution in [0.25, 0.3) is 5.78 Å². The van der Waals surface area contributed by atoms with E-state index in [4.69, 9.17) is 24.5 Å². The van der Waals surface area contributed by atoms with Crippen molar-refractivity contribution in [2.45, 2.75) is 83.8 Å². The van der Waals surface area contributed by atoms with Gasteiger partial charge < -0.3 is 19.7 Å². The van der Waals surface area contributed by atoms with Gasteiger partial charge in [0.15, 0.2) is 5.82 Å². The third kappa shape index (κ3) is 7.41. The Balaban J connectivity index is 1.36. The summed E-state index contributed by atoms with van der Waals surface area (Å²) in [4.78, 5) is 25.6. The first kappa shape index (κ1) is 33.6. The molecule has 2 saturated heterocycles. The summed E-state index contributed by atoms with van der Waals surface area (Å²) in [6.07, 6.45) is 2.76. The van der Waals surface area contributed by atoms with Crippen LogP contribution in [0.5, 0.6) is 0 Å². The number of imidazole rings is 1. The highest BCUT2D eigenvalue weighted by atomic mass is 19.4. The Morgan fingerprint density at radius 2 is 1.91 bits per heavy atom. The van der Waals surface area contributed by atoms with Crippen molar-refractivity contribution in [1.82, 2.24) is 40.0 Å². The largest absolute Gasteiger partial charge is 0.393 e. The number of amides is 1. The zero-order chi connectivity index (χ0) is 33.3. The number of hydrogen-bond acceptors (Lipinski definition) is 9. The van der Waals surface area contributed by atoms with E-state index >= 15 is 0 Å². The number of fused-ring (bicyclic) bond motifs is 1. The standard InChI is InChI=1S/C32H46F3N9O3/c1-19(2)44-26(9-10-37-44)29(45)39-27(21-7-5-20(3)6-8-21)25-18-43-31(38-25)40-28(42-11-13-47-14-12-42)24(41-43)16-22-15-23(32(33,34)35)17-36-30(22)46-4/h9-10,18-23,27,30,36H,5-8,11-17H2,1-4H3,(H,39,45)/t20?,21?,22?,23-,27?,30?/m1/s1. The third-order valence-electron chi connectivity index (χ3n) is 9.97. The molecule has 2 N–H and O–H groups in total. The lowest BCUT2D eigenvalue weighted by Gasteiger charge is -2.37. The second-order valence-electron chi connectivity index (χ2n) is 13.6. The molecule has 12 nitrogen and oxygen atoms in total. The van der Waals surface area contributed by atoms with E-state index in [0.717, 1.165) is 25.7 Å². The molecule has 3 fully saturated rings. The van der Waals surface area contributed by atoms with Gasteiger partial charge in [0.05, 0.1) is 37.1 Å². The van der Waals surface area contributed by atoms with Crippen LogP contribution in [0, 0.1) is 23.7 Å². The molecule has 0 bridgehead atoms. The van der Waals surface area contributed by atoms with E-state index in [1.165, 1.54) is 7.11 Å². The molecule has 1 aliphatic carbocycles. The second kappa shape index (κ2) is 14.0. The van der Waals surface area contributed by atoms with Crippen molar-refractivity contribution in [2.75, 3.05) is 44.9 Å². The summed E-state index contributed by atoms with van der Waals surface area (Å²) in [6.45, 7) is 8.21. The van der Waals surface area contributed by atoms with Gasteiger partial charge in [-0.05, 0) is 51.0 Å². The highest BCUT2D eigenvalue weighted by molar-refractivity contribution is 5.92. The fourth-order valence-electron chi connectivity index (χ4n) is 7.31. The van der Waals surface area contributed by atoms with Crippen LogP contribution in [0.4, 0.5) is 19.0 Å². The average Bonchev–Trinajstić information content (AvgIpc) is 3.71. The van der Waals surface area contributed by atoms with Gasteiger partial charge in [0, 0.05) is 51.3 Å². The maximum absolute atomic E-state index is 13.8. The van der Waals surface area contributed by atoms with Gasteiger partial charge in [-0.25, -0.2) is 9.50 Å². The van der Waals surface area contributed by atoms with Crippen molar-refractivity contribution in [3.63, 3.8) is 0 Å². The molecule has 6 rings (SSSR count). The van der Waals surface area contributed by atoms with Crippen molar-refractivity contribution in [3.05, 3.63) is 35.5 Å². The number of piperidine rings is 1. The lowest BCUT2D eigenvalue weighted by atomic mass is 9.78. The number of hydrogen-bond donors (Lipinski definition) is 2. The fourth-order valence-corrected chi connectivity index (χ4v) is 7.31. The normalized spacial score (nSPS) is 26.6. The minimum atomic E-state index is -4.31. The van der Waals surface area contributed by atoms with Crippen molar-refractivity contribution in [3.8, 4) is 0 Å². The van der Waals surface area contributed by atoms with Crippen LogP contribution in [0.15, 0.2) is 18.5 Å². The maximum Gasteiger partial charge on any atom is 0.393 e. The quantitative estimate of drug-likeness (QED) is 0.345. The Morgan fingerprint density at radius 3 is 2.60 bits per heavy atom. The van der Waals surface area contributed by atoms with Gasteiger partial charge in [-0.3, -0.25) is 14.8 Å². The number of ether oxygens (including phenoxy) is 2. The van der Waals surface area contributed by atoms with Gasteiger partial charge in [-0.2, -0.15) is 28.4 Å². The van der Waals surface area contributed by atoms with Gasteiger partial charge in [0.2, 0.25) is 0 Å². The molecule has 5 heterocycles. The van der Waals surface area contributed by atoms with Gasteiger partial charge >= 0.3 is 6.18 Å². The summed E-state index contributed by atoms with van der Waals surface area (Å²) in [5.41, 5.74) is 1.72. The number of anilines is 1. The number of carbonyl (C=O) groups excluding carboxylic acids is 1. The predicted octanol–water partition coefficient (Wildman–Crippen LogP) is 4.34.